The molecule has 0 radical (unpaired) electrons. The van der Waals surface area contributed by atoms with Gasteiger partial charge in [-0.2, -0.15) is 5.26 Å². The van der Waals surface area contributed by atoms with Gasteiger partial charge in [-0.25, -0.2) is 0 Å². The number of phenolic OH excluding ortho intramolecular Hbond substituents is 1. The average molecular weight is 402 g/mol. The largest absolute Gasteiger partial charge is 0.507 e. The van der Waals surface area contributed by atoms with E-state index in [1.165, 1.54) is 0 Å². The zero-order valence-electron chi connectivity index (χ0n) is 18.9. The van der Waals surface area contributed by atoms with Crippen LogP contribution in [0.3, 0.4) is 0 Å². The van der Waals surface area contributed by atoms with Crippen LogP contribution in [0.1, 0.15) is 83.3 Å². The van der Waals surface area contributed by atoms with Crippen LogP contribution in [0.2, 0.25) is 0 Å². The molecule has 1 rings (SSSR count). The van der Waals surface area contributed by atoms with E-state index in [-0.39, 0.29) is 40.9 Å². The van der Waals surface area contributed by atoms with E-state index in [1.54, 1.807) is 12.1 Å². The summed E-state index contributed by atoms with van der Waals surface area (Å²) >= 11 is 0. The monoisotopic (exact) mass is 401 g/mol. The second-order valence-corrected chi connectivity index (χ2v) is 9.95. The first-order valence-corrected chi connectivity index (χ1v) is 10.0. The lowest BCUT2D eigenvalue weighted by Crippen LogP contribution is -2.47. The van der Waals surface area contributed by atoms with Gasteiger partial charge < -0.3 is 15.7 Å². The van der Waals surface area contributed by atoms with Gasteiger partial charge in [-0.3, -0.25) is 9.59 Å². The van der Waals surface area contributed by atoms with Crippen molar-refractivity contribution in [3.05, 3.63) is 28.8 Å². The summed E-state index contributed by atoms with van der Waals surface area (Å²) in [5.41, 5.74) is 1.05. The fraction of sp³-hybridized carbons (Fsp3) is 0.609. The van der Waals surface area contributed by atoms with Crippen molar-refractivity contribution in [1.82, 2.24) is 10.6 Å². The first kappa shape index (κ1) is 24.5. The Balaban J connectivity index is 3.35. The lowest BCUT2D eigenvalue weighted by atomic mass is 9.78. The van der Waals surface area contributed by atoms with Crippen LogP contribution in [0.4, 0.5) is 0 Å². The molecule has 3 N–H and O–H groups in total. The van der Waals surface area contributed by atoms with Gasteiger partial charge >= 0.3 is 0 Å². The van der Waals surface area contributed by atoms with Crippen LogP contribution in [-0.2, 0) is 15.6 Å². The summed E-state index contributed by atoms with van der Waals surface area (Å²) in [5, 5.41) is 24.9. The summed E-state index contributed by atoms with van der Waals surface area (Å²) in [6, 6.07) is 4.53. The fourth-order valence-corrected chi connectivity index (χ4v) is 3.10. The molecule has 2 amide bonds. The summed E-state index contributed by atoms with van der Waals surface area (Å²) in [6.45, 7) is 15.7. The van der Waals surface area contributed by atoms with Crippen LogP contribution in [0.25, 0.3) is 0 Å². The molecule has 6 nitrogen and oxygen atoms in total. The molecule has 0 fully saturated rings. The first-order chi connectivity index (χ1) is 13.2. The number of aromatic hydroxyl groups is 1. The highest BCUT2D eigenvalue weighted by atomic mass is 16.3. The number of amides is 2. The third-order valence-corrected chi connectivity index (χ3v) is 4.66. The van der Waals surface area contributed by atoms with E-state index in [4.69, 9.17) is 5.26 Å². The Hall–Kier alpha value is -2.55. The Morgan fingerprint density at radius 2 is 1.55 bits per heavy atom. The van der Waals surface area contributed by atoms with Crippen molar-refractivity contribution in [2.24, 2.45) is 5.92 Å². The fourth-order valence-electron chi connectivity index (χ4n) is 3.10. The van der Waals surface area contributed by atoms with Crippen LogP contribution >= 0.6 is 0 Å². The first-order valence-electron chi connectivity index (χ1n) is 10.0. The highest BCUT2D eigenvalue weighted by Crippen LogP contribution is 2.39. The minimum Gasteiger partial charge on any atom is -0.507 e. The predicted molar refractivity (Wildman–Crippen MR) is 115 cm³/mol. The smallest absolute Gasteiger partial charge is 0.251 e. The zero-order valence-corrected chi connectivity index (χ0v) is 18.9. The van der Waals surface area contributed by atoms with E-state index in [2.05, 4.69) is 10.6 Å². The van der Waals surface area contributed by atoms with Crippen molar-refractivity contribution in [3.63, 3.8) is 0 Å². The molecule has 0 bridgehead atoms. The molecule has 0 unspecified atom stereocenters. The minimum absolute atomic E-state index is 0.106. The molecule has 0 aliphatic heterocycles. The summed E-state index contributed by atoms with van der Waals surface area (Å²) in [7, 11) is 0. The maximum absolute atomic E-state index is 13.0. The molecule has 1 atom stereocenters. The van der Waals surface area contributed by atoms with Gasteiger partial charge in [0.05, 0.1) is 6.07 Å². The Morgan fingerprint density at radius 3 is 1.93 bits per heavy atom. The second kappa shape index (κ2) is 9.30. The molecule has 0 saturated carbocycles. The molecule has 0 aliphatic rings. The van der Waals surface area contributed by atoms with Crippen molar-refractivity contribution in [2.45, 2.75) is 78.7 Å². The summed E-state index contributed by atoms with van der Waals surface area (Å²) in [5.74, 6) is -0.367. The number of benzene rings is 1. The molecular formula is C23H35N3O3. The molecule has 0 heterocycles. The van der Waals surface area contributed by atoms with Crippen LogP contribution in [-0.4, -0.2) is 29.5 Å². The van der Waals surface area contributed by atoms with Crippen LogP contribution in [0, 0.1) is 17.2 Å². The van der Waals surface area contributed by atoms with E-state index in [1.807, 2.05) is 61.5 Å². The van der Waals surface area contributed by atoms with Gasteiger partial charge in [0.15, 0.2) is 0 Å². The standard InChI is InChI=1S/C23H35N3O3/c1-14(2)11-18(21(29)25-10-9-24)26-20(28)15-12-16(22(3,4)5)19(27)17(13-15)23(6,7)8/h12-14,18,27H,10-11H2,1-8H3,(H,25,29)(H,26,28)/t18-/m0/s1. The number of hydrogen-bond donors (Lipinski definition) is 3. The third-order valence-electron chi connectivity index (χ3n) is 4.66. The molecule has 1 aromatic carbocycles. The number of nitrogens with one attached hydrogen (secondary N) is 2. The third kappa shape index (κ3) is 6.77. The van der Waals surface area contributed by atoms with Gasteiger partial charge in [0.1, 0.15) is 18.3 Å². The molecule has 0 saturated heterocycles. The Morgan fingerprint density at radius 1 is 1.07 bits per heavy atom. The zero-order chi connectivity index (χ0) is 22.6. The average Bonchev–Trinajstić information content (AvgIpc) is 2.56. The Bertz CT molecular complexity index is 758. The topological polar surface area (TPSA) is 102 Å². The molecule has 160 valence electrons. The number of carbonyl (C=O) groups excluding carboxylic acids is 2. The summed E-state index contributed by atoms with van der Waals surface area (Å²) in [6.07, 6.45) is 0.458. The highest BCUT2D eigenvalue weighted by Gasteiger charge is 2.29. The van der Waals surface area contributed by atoms with Gasteiger partial charge in [0, 0.05) is 16.7 Å². The molecule has 1 aromatic rings. The Kier molecular flexibility index (Phi) is 7.85. The molecule has 0 aliphatic carbocycles. The second-order valence-electron chi connectivity index (χ2n) is 9.95. The molecule has 0 spiro atoms. The lowest BCUT2D eigenvalue weighted by molar-refractivity contribution is -0.123. The maximum Gasteiger partial charge on any atom is 0.251 e. The van der Waals surface area contributed by atoms with Crippen LogP contribution in [0.5, 0.6) is 5.75 Å². The van der Waals surface area contributed by atoms with Gasteiger partial charge in [0.2, 0.25) is 5.91 Å². The predicted octanol–water partition coefficient (Wildman–Crippen LogP) is 3.77. The van der Waals surface area contributed by atoms with Gasteiger partial charge in [0.25, 0.3) is 5.91 Å². The number of rotatable bonds is 6. The van der Waals surface area contributed by atoms with Crippen molar-refractivity contribution in [3.8, 4) is 11.8 Å². The van der Waals surface area contributed by atoms with E-state index < -0.39 is 6.04 Å². The van der Waals surface area contributed by atoms with Crippen molar-refractivity contribution in [2.75, 3.05) is 6.54 Å². The minimum atomic E-state index is -0.735. The SMILES string of the molecule is CC(C)C[C@H](NC(=O)c1cc(C(C)(C)C)c(O)c(C(C)(C)C)c1)C(=O)NCC#N. The number of nitriles is 1. The molecule has 29 heavy (non-hydrogen) atoms. The lowest BCUT2D eigenvalue weighted by Gasteiger charge is -2.28. The van der Waals surface area contributed by atoms with Crippen molar-refractivity contribution < 1.29 is 14.7 Å². The number of nitrogens with zero attached hydrogens (tertiary/aromatic N) is 1. The molecular weight excluding hydrogens is 366 g/mol. The Labute approximate surface area is 174 Å². The van der Waals surface area contributed by atoms with Gasteiger partial charge in [-0.15, -0.1) is 0 Å². The van der Waals surface area contributed by atoms with Crippen molar-refractivity contribution in [1.29, 1.82) is 5.26 Å². The maximum atomic E-state index is 13.0. The molecule has 6 heteroatoms. The van der Waals surface area contributed by atoms with E-state index >= 15 is 0 Å². The number of hydrogen-bond acceptors (Lipinski definition) is 4. The number of phenols is 1. The quantitative estimate of drug-likeness (QED) is 0.631. The van der Waals surface area contributed by atoms with Gasteiger partial charge in [-0.1, -0.05) is 55.4 Å². The van der Waals surface area contributed by atoms with Crippen LogP contribution < -0.4 is 10.6 Å². The molecule has 0 aromatic heterocycles. The van der Waals surface area contributed by atoms with E-state index in [9.17, 15) is 14.7 Å². The van der Waals surface area contributed by atoms with E-state index in [0.717, 1.165) is 0 Å². The number of carbonyl (C=O) groups is 2. The van der Waals surface area contributed by atoms with E-state index in [0.29, 0.717) is 23.1 Å². The summed E-state index contributed by atoms with van der Waals surface area (Å²) in [4.78, 5) is 25.4. The van der Waals surface area contributed by atoms with Crippen LogP contribution in [0.15, 0.2) is 12.1 Å². The van der Waals surface area contributed by atoms with Gasteiger partial charge in [-0.05, 0) is 35.3 Å². The normalized spacial score (nSPS) is 13.0. The summed E-state index contributed by atoms with van der Waals surface area (Å²) < 4.78 is 0. The highest BCUT2D eigenvalue weighted by molar-refractivity contribution is 5.98. The van der Waals surface area contributed by atoms with Crippen molar-refractivity contribution >= 4 is 11.8 Å².